The van der Waals surface area contributed by atoms with Gasteiger partial charge >= 0.3 is 0 Å². The quantitative estimate of drug-likeness (QED) is 0.231. The molecule has 6 nitrogen and oxygen atoms in total. The summed E-state index contributed by atoms with van der Waals surface area (Å²) in [6, 6.07) is 5.58. The lowest BCUT2D eigenvalue weighted by Gasteiger charge is -2.39. The maximum absolute atomic E-state index is 15.8. The van der Waals surface area contributed by atoms with Gasteiger partial charge in [-0.05, 0) is 80.1 Å². The van der Waals surface area contributed by atoms with Crippen molar-refractivity contribution in [2.24, 2.45) is 5.41 Å². The standard InChI is InChI=1S/C31H40Cl2F2N4O2/c1-30(2,3)17-25-31(18-40,20-15-23(34)22(33)16-24(20)36-4)26(19-9-7-10-21(32)27(19)35)28(38-25)29(41)37-11-8-14-39-12-5-6-13-39/h7,9-10,15-16,18,25-26,28,36,38H,5-6,8,11-14,17H2,1-4H3,(H,37,41). The van der Waals surface area contributed by atoms with Gasteiger partial charge < -0.3 is 25.6 Å². The number of halogens is 4. The van der Waals surface area contributed by atoms with Gasteiger partial charge in [0.05, 0.1) is 21.5 Å². The van der Waals surface area contributed by atoms with E-state index in [1.54, 1.807) is 19.2 Å². The van der Waals surface area contributed by atoms with Crippen molar-refractivity contribution in [1.82, 2.24) is 15.5 Å². The van der Waals surface area contributed by atoms with Crippen LogP contribution in [0.5, 0.6) is 0 Å². The van der Waals surface area contributed by atoms with E-state index in [1.165, 1.54) is 31.0 Å². The minimum Gasteiger partial charge on any atom is -0.388 e. The van der Waals surface area contributed by atoms with Crippen LogP contribution in [0.3, 0.4) is 0 Å². The molecule has 10 heteroatoms. The highest BCUT2D eigenvalue weighted by molar-refractivity contribution is 6.31. The van der Waals surface area contributed by atoms with Gasteiger partial charge in [-0.15, -0.1) is 0 Å². The Morgan fingerprint density at radius 2 is 1.88 bits per heavy atom. The van der Waals surface area contributed by atoms with Crippen LogP contribution < -0.4 is 16.0 Å². The highest BCUT2D eigenvalue weighted by atomic mass is 35.5. The molecule has 3 N–H and O–H groups in total. The highest BCUT2D eigenvalue weighted by Crippen LogP contribution is 2.53. The van der Waals surface area contributed by atoms with Crippen LogP contribution in [0.1, 0.15) is 63.5 Å². The summed E-state index contributed by atoms with van der Waals surface area (Å²) in [6.07, 6.45) is 4.33. The SMILES string of the molecule is CNc1cc(Cl)c(F)cc1C1(C=O)C(CC(C)(C)C)NC(C(=O)NCCCN2CCCC2)C1c1cccc(Cl)c1F. The number of likely N-dealkylation sites (tertiary alicyclic amines) is 1. The van der Waals surface area contributed by atoms with Gasteiger partial charge in [-0.25, -0.2) is 8.78 Å². The van der Waals surface area contributed by atoms with Crippen LogP contribution >= 0.6 is 23.2 Å². The minimum absolute atomic E-state index is 0.114. The number of nitrogens with zero attached hydrogens (tertiary/aromatic N) is 1. The van der Waals surface area contributed by atoms with Gasteiger partial charge in [-0.1, -0.05) is 56.1 Å². The Hall–Kier alpha value is -2.26. The topological polar surface area (TPSA) is 73.5 Å². The molecule has 2 saturated heterocycles. The lowest BCUT2D eigenvalue weighted by molar-refractivity contribution is -0.123. The summed E-state index contributed by atoms with van der Waals surface area (Å²) in [5.74, 6) is -2.80. The van der Waals surface area contributed by atoms with Crippen molar-refractivity contribution in [3.63, 3.8) is 0 Å². The van der Waals surface area contributed by atoms with Gasteiger partial charge in [0, 0.05) is 31.2 Å². The number of benzene rings is 2. The third-order valence-corrected chi connectivity index (χ3v) is 8.94. The number of nitrogens with one attached hydrogen (secondary N) is 3. The summed E-state index contributed by atoms with van der Waals surface area (Å²) in [5, 5.41) is 9.21. The molecular weight excluding hydrogens is 569 g/mol. The number of anilines is 1. The zero-order chi connectivity index (χ0) is 29.9. The molecule has 2 fully saturated rings. The number of hydrogen-bond donors (Lipinski definition) is 3. The normalized spacial score (nSPS) is 24.9. The molecule has 2 aromatic carbocycles. The minimum atomic E-state index is -1.54. The first-order valence-electron chi connectivity index (χ1n) is 14.3. The molecule has 41 heavy (non-hydrogen) atoms. The molecule has 2 aromatic rings. The summed E-state index contributed by atoms with van der Waals surface area (Å²) < 4.78 is 30.9. The van der Waals surface area contributed by atoms with Crippen LogP contribution in [0.15, 0.2) is 30.3 Å². The summed E-state index contributed by atoms with van der Waals surface area (Å²) in [7, 11) is 1.65. The molecule has 0 bridgehead atoms. The fourth-order valence-corrected chi connectivity index (χ4v) is 6.87. The van der Waals surface area contributed by atoms with Crippen LogP contribution in [0, 0.1) is 17.0 Å². The van der Waals surface area contributed by atoms with Crippen LogP contribution in [-0.4, -0.2) is 62.4 Å². The van der Waals surface area contributed by atoms with Gasteiger partial charge in [0.25, 0.3) is 0 Å². The molecule has 4 rings (SSSR count). The molecule has 0 aromatic heterocycles. The van der Waals surface area contributed by atoms with Gasteiger partial charge in [0.2, 0.25) is 5.91 Å². The van der Waals surface area contributed by atoms with Crippen LogP contribution in [-0.2, 0) is 15.0 Å². The average molecular weight is 610 g/mol. The van der Waals surface area contributed by atoms with E-state index < -0.39 is 35.1 Å². The Morgan fingerprint density at radius 1 is 1.17 bits per heavy atom. The Labute approximate surface area is 251 Å². The number of carbonyl (C=O) groups excluding carboxylic acids is 2. The molecule has 4 unspecified atom stereocenters. The third kappa shape index (κ3) is 6.56. The number of hydrogen-bond acceptors (Lipinski definition) is 5. The van der Waals surface area contributed by atoms with Crippen LogP contribution in [0.4, 0.5) is 14.5 Å². The fourth-order valence-electron chi connectivity index (χ4n) is 6.52. The van der Waals surface area contributed by atoms with E-state index in [2.05, 4.69) is 20.9 Å². The largest absolute Gasteiger partial charge is 0.388 e. The van der Waals surface area contributed by atoms with Crippen LogP contribution in [0.25, 0.3) is 0 Å². The molecule has 4 atom stereocenters. The van der Waals surface area contributed by atoms with Crippen molar-refractivity contribution in [3.05, 3.63) is 63.1 Å². The second-order valence-electron chi connectivity index (χ2n) is 12.4. The molecule has 0 spiro atoms. The molecule has 0 saturated carbocycles. The first-order chi connectivity index (χ1) is 19.4. The fraction of sp³-hybridized carbons (Fsp3) is 0.548. The Balaban J connectivity index is 1.84. The molecule has 0 aliphatic carbocycles. The predicted molar refractivity (Wildman–Crippen MR) is 161 cm³/mol. The van der Waals surface area contributed by atoms with Crippen molar-refractivity contribution in [2.75, 3.05) is 38.5 Å². The van der Waals surface area contributed by atoms with Gasteiger partial charge in [-0.3, -0.25) is 4.79 Å². The monoisotopic (exact) mass is 608 g/mol. The molecule has 2 heterocycles. The smallest absolute Gasteiger partial charge is 0.237 e. The van der Waals surface area contributed by atoms with E-state index in [0.717, 1.165) is 32.3 Å². The van der Waals surface area contributed by atoms with E-state index in [4.69, 9.17) is 23.2 Å². The molecule has 2 aliphatic heterocycles. The first kappa shape index (κ1) is 31.7. The van der Waals surface area contributed by atoms with Crippen molar-refractivity contribution >= 4 is 41.1 Å². The Kier molecular flexibility index (Phi) is 10.00. The zero-order valence-corrected chi connectivity index (χ0v) is 25.6. The summed E-state index contributed by atoms with van der Waals surface area (Å²) >= 11 is 12.4. The van der Waals surface area contributed by atoms with E-state index in [-0.39, 0.29) is 26.9 Å². The second kappa shape index (κ2) is 12.9. The van der Waals surface area contributed by atoms with Crippen molar-refractivity contribution in [2.45, 2.75) is 69.9 Å². The number of amides is 1. The maximum atomic E-state index is 15.8. The summed E-state index contributed by atoms with van der Waals surface area (Å²) in [5.41, 5.74) is -1.01. The predicted octanol–water partition coefficient (Wildman–Crippen LogP) is 5.91. The van der Waals surface area contributed by atoms with E-state index in [1.807, 2.05) is 20.8 Å². The lowest BCUT2D eigenvalue weighted by atomic mass is 9.62. The maximum Gasteiger partial charge on any atom is 0.237 e. The summed E-state index contributed by atoms with van der Waals surface area (Å²) in [4.78, 5) is 29.8. The van der Waals surface area contributed by atoms with E-state index >= 15 is 8.78 Å². The van der Waals surface area contributed by atoms with Crippen molar-refractivity contribution in [3.8, 4) is 0 Å². The summed E-state index contributed by atoms with van der Waals surface area (Å²) in [6.45, 7) is 9.51. The molecule has 2 aliphatic rings. The van der Waals surface area contributed by atoms with Crippen LogP contribution in [0.2, 0.25) is 10.0 Å². The van der Waals surface area contributed by atoms with Gasteiger partial charge in [0.1, 0.15) is 17.9 Å². The van der Waals surface area contributed by atoms with Crippen molar-refractivity contribution in [1.29, 1.82) is 0 Å². The molecule has 1 amide bonds. The second-order valence-corrected chi connectivity index (χ2v) is 13.2. The number of carbonyl (C=O) groups is 2. The Bertz CT molecular complexity index is 1270. The molecular formula is C31H40Cl2F2N4O2. The number of rotatable bonds is 10. The lowest BCUT2D eigenvalue weighted by Crippen LogP contribution is -2.47. The molecule has 0 radical (unpaired) electrons. The number of aldehydes is 1. The molecule has 224 valence electrons. The average Bonchev–Trinajstić information content (AvgIpc) is 3.55. The third-order valence-electron chi connectivity index (χ3n) is 8.36. The van der Waals surface area contributed by atoms with Gasteiger partial charge in [0.15, 0.2) is 0 Å². The van der Waals surface area contributed by atoms with Gasteiger partial charge in [-0.2, -0.15) is 0 Å². The highest BCUT2D eigenvalue weighted by Gasteiger charge is 2.60. The first-order valence-corrected chi connectivity index (χ1v) is 15.0. The zero-order valence-electron chi connectivity index (χ0n) is 24.1. The van der Waals surface area contributed by atoms with Crippen molar-refractivity contribution < 1.29 is 18.4 Å². The van der Waals surface area contributed by atoms with E-state index in [0.29, 0.717) is 24.2 Å². The van der Waals surface area contributed by atoms with E-state index in [9.17, 15) is 9.59 Å². The Morgan fingerprint density at radius 3 is 2.51 bits per heavy atom.